The summed E-state index contributed by atoms with van der Waals surface area (Å²) in [5, 5.41) is 0. The number of ketones is 1. The molecule has 1 saturated carbocycles. The van der Waals surface area contributed by atoms with E-state index in [0.29, 0.717) is 5.56 Å². The first-order chi connectivity index (χ1) is 8.24. The Kier molecular flexibility index (Phi) is 3.57. The summed E-state index contributed by atoms with van der Waals surface area (Å²) >= 11 is 0. The van der Waals surface area contributed by atoms with Gasteiger partial charge in [0.2, 0.25) is 0 Å². The topological polar surface area (TPSA) is 43.4 Å². The lowest BCUT2D eigenvalue weighted by molar-refractivity contribution is -0.146. The highest BCUT2D eigenvalue weighted by Gasteiger charge is 2.38. The van der Waals surface area contributed by atoms with Crippen molar-refractivity contribution in [1.29, 1.82) is 0 Å². The quantitative estimate of drug-likeness (QED) is 0.594. The molecule has 2 rings (SSSR count). The Balaban J connectivity index is 2.17. The third-order valence-corrected chi connectivity index (χ3v) is 3.41. The van der Waals surface area contributed by atoms with E-state index in [0.717, 1.165) is 19.3 Å². The lowest BCUT2D eigenvalue weighted by Crippen LogP contribution is -2.26. The van der Waals surface area contributed by atoms with Gasteiger partial charge < -0.3 is 4.74 Å². The zero-order chi connectivity index (χ0) is 12.3. The van der Waals surface area contributed by atoms with Gasteiger partial charge in [-0.15, -0.1) is 0 Å². The maximum atomic E-state index is 12.3. The predicted octanol–water partition coefficient (Wildman–Crippen LogP) is 2.46. The minimum atomic E-state index is -0.257. The summed E-state index contributed by atoms with van der Waals surface area (Å²) in [4.78, 5) is 23.9. The summed E-state index contributed by atoms with van der Waals surface area (Å²) in [6.45, 7) is 0. The molecular formula is C14H16O3. The fourth-order valence-electron chi connectivity index (χ4n) is 2.52. The van der Waals surface area contributed by atoms with Crippen LogP contribution < -0.4 is 0 Å². The van der Waals surface area contributed by atoms with Crippen molar-refractivity contribution >= 4 is 11.8 Å². The highest BCUT2D eigenvalue weighted by atomic mass is 16.5. The van der Waals surface area contributed by atoms with Gasteiger partial charge in [0, 0.05) is 11.5 Å². The van der Waals surface area contributed by atoms with E-state index in [4.69, 9.17) is 4.74 Å². The number of Topliss-reactive ketones (excluding diaryl/α,β-unsaturated/α-hetero) is 1. The van der Waals surface area contributed by atoms with E-state index in [1.807, 2.05) is 18.2 Å². The van der Waals surface area contributed by atoms with Gasteiger partial charge in [0.05, 0.1) is 13.0 Å². The number of ether oxygens (including phenoxy) is 1. The lowest BCUT2D eigenvalue weighted by atomic mass is 9.88. The third kappa shape index (κ3) is 2.38. The largest absolute Gasteiger partial charge is 0.469 e. The number of carbonyl (C=O) groups is 2. The molecule has 0 amide bonds. The Morgan fingerprint density at radius 1 is 1.12 bits per heavy atom. The van der Waals surface area contributed by atoms with Crippen molar-refractivity contribution < 1.29 is 14.3 Å². The van der Waals surface area contributed by atoms with Gasteiger partial charge in [0.15, 0.2) is 5.78 Å². The summed E-state index contributed by atoms with van der Waals surface area (Å²) in [6, 6.07) is 9.16. The van der Waals surface area contributed by atoms with Crippen LogP contribution in [0.2, 0.25) is 0 Å². The van der Waals surface area contributed by atoms with E-state index in [2.05, 4.69) is 0 Å². The van der Waals surface area contributed by atoms with Crippen molar-refractivity contribution in [3.63, 3.8) is 0 Å². The minimum absolute atomic E-state index is 0.0681. The zero-order valence-corrected chi connectivity index (χ0v) is 9.89. The van der Waals surface area contributed by atoms with Gasteiger partial charge in [0.25, 0.3) is 0 Å². The summed E-state index contributed by atoms with van der Waals surface area (Å²) in [5.41, 5.74) is 0.688. The average molecular weight is 232 g/mol. The average Bonchev–Trinajstić information content (AvgIpc) is 2.87. The SMILES string of the molecule is COC(=O)[C@@H]1CCC[C@@H]1C(=O)c1ccccc1. The van der Waals surface area contributed by atoms with Gasteiger partial charge in [0.1, 0.15) is 0 Å². The molecule has 0 unspecified atom stereocenters. The normalized spacial score (nSPS) is 23.4. The predicted molar refractivity (Wildman–Crippen MR) is 63.6 cm³/mol. The van der Waals surface area contributed by atoms with Crippen molar-refractivity contribution in [1.82, 2.24) is 0 Å². The molecule has 0 N–H and O–H groups in total. The van der Waals surface area contributed by atoms with Gasteiger partial charge in [-0.25, -0.2) is 0 Å². The molecule has 1 aromatic carbocycles. The number of benzene rings is 1. The van der Waals surface area contributed by atoms with Crippen LogP contribution in [-0.4, -0.2) is 18.9 Å². The minimum Gasteiger partial charge on any atom is -0.469 e. The molecule has 0 aliphatic heterocycles. The van der Waals surface area contributed by atoms with E-state index in [1.165, 1.54) is 7.11 Å². The summed E-state index contributed by atoms with van der Waals surface area (Å²) in [5.74, 6) is -0.646. The maximum Gasteiger partial charge on any atom is 0.309 e. The van der Waals surface area contributed by atoms with Crippen LogP contribution >= 0.6 is 0 Å². The Morgan fingerprint density at radius 3 is 2.41 bits per heavy atom. The smallest absolute Gasteiger partial charge is 0.309 e. The Labute approximate surface area is 101 Å². The fourth-order valence-corrected chi connectivity index (χ4v) is 2.52. The second-order valence-electron chi connectivity index (χ2n) is 4.40. The molecule has 1 fully saturated rings. The van der Waals surface area contributed by atoms with Crippen LogP contribution in [0.5, 0.6) is 0 Å². The number of hydrogen-bond acceptors (Lipinski definition) is 3. The third-order valence-electron chi connectivity index (χ3n) is 3.41. The van der Waals surface area contributed by atoms with Gasteiger partial charge in [-0.3, -0.25) is 9.59 Å². The Morgan fingerprint density at radius 2 is 1.76 bits per heavy atom. The van der Waals surface area contributed by atoms with Crippen molar-refractivity contribution in [3.05, 3.63) is 35.9 Å². The van der Waals surface area contributed by atoms with Crippen LogP contribution in [0.4, 0.5) is 0 Å². The molecule has 0 saturated heterocycles. The molecule has 3 heteroatoms. The van der Waals surface area contributed by atoms with Crippen LogP contribution in [0, 0.1) is 11.8 Å². The van der Waals surface area contributed by atoms with Crippen LogP contribution in [-0.2, 0) is 9.53 Å². The summed E-state index contributed by atoms with van der Waals surface area (Å²) < 4.78 is 4.76. The molecule has 1 aromatic rings. The number of hydrogen-bond donors (Lipinski definition) is 0. The lowest BCUT2D eigenvalue weighted by Gasteiger charge is -2.16. The summed E-state index contributed by atoms with van der Waals surface area (Å²) in [7, 11) is 1.38. The molecule has 2 atom stereocenters. The number of methoxy groups -OCH3 is 1. The molecule has 0 bridgehead atoms. The van der Waals surface area contributed by atoms with E-state index in [1.54, 1.807) is 12.1 Å². The first kappa shape index (κ1) is 11.8. The second-order valence-corrected chi connectivity index (χ2v) is 4.40. The molecule has 0 spiro atoms. The Bertz CT molecular complexity index is 411. The summed E-state index contributed by atoms with van der Waals surface area (Å²) in [6.07, 6.45) is 2.46. The molecule has 0 heterocycles. The van der Waals surface area contributed by atoms with E-state index >= 15 is 0 Å². The molecule has 0 radical (unpaired) electrons. The van der Waals surface area contributed by atoms with Gasteiger partial charge >= 0.3 is 5.97 Å². The standard InChI is InChI=1S/C14H16O3/c1-17-14(16)12-9-5-8-11(12)13(15)10-6-3-2-4-7-10/h2-4,6-7,11-12H,5,8-9H2,1H3/t11-,12+/m0/s1. The van der Waals surface area contributed by atoms with Crippen LogP contribution in [0.15, 0.2) is 30.3 Å². The van der Waals surface area contributed by atoms with E-state index in [-0.39, 0.29) is 23.6 Å². The number of rotatable bonds is 3. The number of carbonyl (C=O) groups excluding carboxylic acids is 2. The molecule has 90 valence electrons. The molecule has 1 aliphatic carbocycles. The van der Waals surface area contributed by atoms with E-state index < -0.39 is 0 Å². The molecule has 0 aromatic heterocycles. The van der Waals surface area contributed by atoms with Crippen LogP contribution in [0.25, 0.3) is 0 Å². The highest BCUT2D eigenvalue weighted by molar-refractivity contribution is 6.00. The van der Waals surface area contributed by atoms with Crippen molar-refractivity contribution in [2.24, 2.45) is 11.8 Å². The molecule has 3 nitrogen and oxygen atoms in total. The van der Waals surface area contributed by atoms with Gasteiger partial charge in [-0.2, -0.15) is 0 Å². The van der Waals surface area contributed by atoms with Crippen molar-refractivity contribution in [3.8, 4) is 0 Å². The first-order valence-corrected chi connectivity index (χ1v) is 5.91. The second kappa shape index (κ2) is 5.13. The van der Waals surface area contributed by atoms with Crippen molar-refractivity contribution in [2.45, 2.75) is 19.3 Å². The Hall–Kier alpha value is -1.64. The van der Waals surface area contributed by atoms with E-state index in [9.17, 15) is 9.59 Å². The highest BCUT2D eigenvalue weighted by Crippen LogP contribution is 2.34. The van der Waals surface area contributed by atoms with Gasteiger partial charge in [-0.05, 0) is 12.8 Å². The van der Waals surface area contributed by atoms with Crippen LogP contribution in [0.3, 0.4) is 0 Å². The molecular weight excluding hydrogens is 216 g/mol. The molecule has 17 heavy (non-hydrogen) atoms. The molecule has 1 aliphatic rings. The maximum absolute atomic E-state index is 12.3. The first-order valence-electron chi connectivity index (χ1n) is 5.91. The zero-order valence-electron chi connectivity index (χ0n) is 9.89. The van der Waals surface area contributed by atoms with Gasteiger partial charge in [-0.1, -0.05) is 36.8 Å². The van der Waals surface area contributed by atoms with Crippen LogP contribution in [0.1, 0.15) is 29.6 Å². The fraction of sp³-hybridized carbons (Fsp3) is 0.429. The van der Waals surface area contributed by atoms with Crippen molar-refractivity contribution in [2.75, 3.05) is 7.11 Å². The number of esters is 1. The monoisotopic (exact) mass is 232 g/mol.